The number of amides is 2. The van der Waals surface area contributed by atoms with E-state index in [1.54, 1.807) is 7.11 Å². The van der Waals surface area contributed by atoms with Crippen LogP contribution in [0.4, 0.5) is 11.4 Å². The number of likely N-dealkylation sites (N-methyl/N-ethyl adjacent to an activating group) is 1. The van der Waals surface area contributed by atoms with Gasteiger partial charge in [0.15, 0.2) is 0 Å². The summed E-state index contributed by atoms with van der Waals surface area (Å²) in [5.41, 5.74) is 2.07. The van der Waals surface area contributed by atoms with E-state index in [4.69, 9.17) is 9.47 Å². The third kappa shape index (κ3) is 6.32. The van der Waals surface area contributed by atoms with Crippen LogP contribution < -0.4 is 30.9 Å². The predicted molar refractivity (Wildman–Crippen MR) is 170 cm³/mol. The first-order chi connectivity index (χ1) is 22.0. The number of carbonyl (C=O) groups is 2. The maximum atomic E-state index is 13.9. The van der Waals surface area contributed by atoms with Crippen LogP contribution in [-0.4, -0.2) is 129 Å². The molecule has 5 saturated heterocycles. The number of piperidine rings is 1. The summed E-state index contributed by atoms with van der Waals surface area (Å²) in [6.07, 6.45) is 4.40. The number of hydrazine groups is 1. The number of fused-ring (bicyclic) bond motifs is 5. The normalized spacial score (nSPS) is 33.1. The van der Waals surface area contributed by atoms with E-state index in [2.05, 4.69) is 67.1 Å². The van der Waals surface area contributed by atoms with Crippen LogP contribution >= 0.6 is 0 Å². The highest BCUT2D eigenvalue weighted by molar-refractivity contribution is 5.82. The predicted octanol–water partition coefficient (Wildman–Crippen LogP) is 0.177. The van der Waals surface area contributed by atoms with Gasteiger partial charge in [-0.1, -0.05) is 12.3 Å². The van der Waals surface area contributed by atoms with Crippen LogP contribution in [0, 0.1) is 17.8 Å². The Balaban J connectivity index is 1.13. The van der Waals surface area contributed by atoms with Crippen LogP contribution in [0.2, 0.25) is 0 Å². The zero-order valence-electron chi connectivity index (χ0n) is 26.5. The average Bonchev–Trinajstić information content (AvgIpc) is 3.32. The van der Waals surface area contributed by atoms with Gasteiger partial charge in [0.05, 0.1) is 38.0 Å². The molecule has 1 aromatic carbocycles. The molecule has 6 unspecified atom stereocenters. The molecule has 6 aliphatic rings. The topological polar surface area (TPSA) is 117 Å². The Labute approximate surface area is 265 Å². The number of hydrogen-bond donors (Lipinski definition) is 4. The summed E-state index contributed by atoms with van der Waals surface area (Å²) in [4.78, 5) is 33.6. The molecule has 0 saturated carbocycles. The van der Waals surface area contributed by atoms with Crippen LogP contribution in [0.15, 0.2) is 18.2 Å². The van der Waals surface area contributed by atoms with Gasteiger partial charge >= 0.3 is 0 Å². The molecular formula is C32H47N9O4. The standard InChI is InChI=1S/C32H47N9O4/c1-37-13-15-38(16-14-37)23-17-22(18-24(19-23)44-2)34-32-33-20-25-29(36-32)41-27-10-9-26-30(35-27)39(28(42)21-45-26)11-7-5-3-4-6-8-12-40(41)31(25)43/h17-19,25-27,29-30,32-36H,3-5,7,9-16,20-21H2,1-2H3. The van der Waals surface area contributed by atoms with Gasteiger partial charge in [-0.3, -0.25) is 30.5 Å². The average molecular weight is 622 g/mol. The van der Waals surface area contributed by atoms with E-state index in [9.17, 15) is 9.59 Å². The monoisotopic (exact) mass is 621 g/mol. The molecule has 0 spiro atoms. The van der Waals surface area contributed by atoms with Gasteiger partial charge in [0, 0.05) is 69.2 Å². The van der Waals surface area contributed by atoms with Crippen LogP contribution in [0.1, 0.15) is 38.5 Å². The van der Waals surface area contributed by atoms with E-state index in [-0.39, 0.29) is 55.2 Å². The van der Waals surface area contributed by atoms with Gasteiger partial charge in [-0.25, -0.2) is 0 Å². The number of ether oxygens (including phenoxy) is 2. The lowest BCUT2D eigenvalue weighted by Crippen LogP contribution is -2.72. The van der Waals surface area contributed by atoms with Gasteiger partial charge in [0.2, 0.25) is 11.8 Å². The third-order valence-corrected chi connectivity index (χ3v) is 10.1. The van der Waals surface area contributed by atoms with Crippen molar-refractivity contribution in [1.29, 1.82) is 0 Å². The second-order valence-electron chi connectivity index (χ2n) is 13.0. The molecule has 0 aromatic heterocycles. The van der Waals surface area contributed by atoms with E-state index in [0.29, 0.717) is 19.6 Å². The Hall–Kier alpha value is -3.12. The molecule has 6 aliphatic heterocycles. The Morgan fingerprint density at radius 2 is 1.84 bits per heavy atom. The molecule has 6 heterocycles. The number of carbonyl (C=O) groups excluding carboxylic acids is 2. The summed E-state index contributed by atoms with van der Waals surface area (Å²) in [6.45, 7) is 5.69. The first-order valence-corrected chi connectivity index (χ1v) is 16.6. The van der Waals surface area contributed by atoms with E-state index < -0.39 is 0 Å². The Morgan fingerprint density at radius 1 is 0.978 bits per heavy atom. The van der Waals surface area contributed by atoms with Gasteiger partial charge in [-0.05, 0) is 38.8 Å². The Morgan fingerprint density at radius 3 is 2.69 bits per heavy atom. The minimum atomic E-state index is -0.280. The molecule has 13 heteroatoms. The summed E-state index contributed by atoms with van der Waals surface area (Å²) in [7, 11) is 3.86. The van der Waals surface area contributed by atoms with Gasteiger partial charge < -0.3 is 29.5 Å². The highest BCUT2D eigenvalue weighted by atomic mass is 16.5. The molecule has 2 amide bonds. The molecule has 0 radical (unpaired) electrons. The molecule has 6 atom stereocenters. The lowest BCUT2D eigenvalue weighted by molar-refractivity contribution is -0.176. The number of morpholine rings is 1. The van der Waals surface area contributed by atoms with Crippen LogP contribution in [0.3, 0.4) is 0 Å². The summed E-state index contributed by atoms with van der Waals surface area (Å²) >= 11 is 0. The third-order valence-electron chi connectivity index (χ3n) is 10.1. The largest absolute Gasteiger partial charge is 0.497 e. The van der Waals surface area contributed by atoms with Crippen molar-refractivity contribution in [3.05, 3.63) is 18.2 Å². The summed E-state index contributed by atoms with van der Waals surface area (Å²) in [5.74, 6) is 7.20. The molecule has 2 bridgehead atoms. The SMILES string of the molecule is COc1cc(NC2NCC3C(=O)N4CC#CCCCCCN5C(=O)COC6CCC(NC65)N4C3N2)cc(N2CCN(C)CC2)c1. The molecule has 13 nitrogen and oxygen atoms in total. The zero-order chi connectivity index (χ0) is 30.9. The van der Waals surface area contributed by atoms with Crippen molar-refractivity contribution in [2.45, 2.75) is 69.4 Å². The number of rotatable bonds is 4. The highest BCUT2D eigenvalue weighted by Gasteiger charge is 2.53. The molecule has 1 aromatic rings. The number of nitrogens with one attached hydrogen (secondary N) is 4. The molecule has 0 aliphatic carbocycles. The second kappa shape index (κ2) is 13.3. The molecule has 45 heavy (non-hydrogen) atoms. The first kappa shape index (κ1) is 30.5. The van der Waals surface area contributed by atoms with Crippen LogP contribution in [-0.2, 0) is 14.3 Å². The number of hydrogen-bond acceptors (Lipinski definition) is 11. The highest BCUT2D eigenvalue weighted by Crippen LogP contribution is 2.34. The molecule has 7 rings (SSSR count). The van der Waals surface area contributed by atoms with E-state index >= 15 is 0 Å². The Kier molecular flexibility index (Phi) is 9.03. The summed E-state index contributed by atoms with van der Waals surface area (Å²) in [6, 6.07) is 6.27. The smallest absolute Gasteiger partial charge is 0.249 e. The van der Waals surface area contributed by atoms with E-state index in [0.717, 1.165) is 81.8 Å². The van der Waals surface area contributed by atoms with Crippen molar-refractivity contribution in [3.8, 4) is 17.6 Å². The van der Waals surface area contributed by atoms with Gasteiger partial charge in [-0.15, -0.1) is 5.92 Å². The molecule has 4 N–H and O–H groups in total. The van der Waals surface area contributed by atoms with Crippen molar-refractivity contribution in [1.82, 2.24) is 35.8 Å². The van der Waals surface area contributed by atoms with Gasteiger partial charge in [0.1, 0.15) is 24.8 Å². The molecular weight excluding hydrogens is 574 g/mol. The van der Waals surface area contributed by atoms with E-state index in [1.807, 2.05) is 16.0 Å². The van der Waals surface area contributed by atoms with Crippen molar-refractivity contribution >= 4 is 23.2 Å². The van der Waals surface area contributed by atoms with Crippen molar-refractivity contribution in [2.24, 2.45) is 5.92 Å². The van der Waals surface area contributed by atoms with Gasteiger partial charge in [0.25, 0.3) is 0 Å². The number of benzene rings is 1. The van der Waals surface area contributed by atoms with Crippen LogP contribution in [0.5, 0.6) is 5.75 Å². The first-order valence-electron chi connectivity index (χ1n) is 16.6. The Bertz CT molecular complexity index is 1310. The fraction of sp³-hybridized carbons (Fsp3) is 0.688. The number of nitrogens with zero attached hydrogens (tertiary/aromatic N) is 5. The zero-order valence-corrected chi connectivity index (χ0v) is 26.5. The van der Waals surface area contributed by atoms with Gasteiger partial charge in [-0.2, -0.15) is 5.01 Å². The van der Waals surface area contributed by atoms with Crippen LogP contribution in [0.25, 0.3) is 0 Å². The minimum absolute atomic E-state index is 0.0296. The molecule has 244 valence electrons. The second-order valence-corrected chi connectivity index (χ2v) is 13.0. The summed E-state index contributed by atoms with van der Waals surface area (Å²) in [5, 5.41) is 18.6. The van der Waals surface area contributed by atoms with Crippen molar-refractivity contribution in [3.63, 3.8) is 0 Å². The van der Waals surface area contributed by atoms with Crippen molar-refractivity contribution < 1.29 is 19.1 Å². The molecule has 5 fully saturated rings. The quantitative estimate of drug-likeness (QED) is 0.345. The summed E-state index contributed by atoms with van der Waals surface area (Å²) < 4.78 is 11.7. The lowest BCUT2D eigenvalue weighted by Gasteiger charge is -2.50. The minimum Gasteiger partial charge on any atom is -0.497 e. The fourth-order valence-electron chi connectivity index (χ4n) is 7.57. The number of methoxy groups -OCH3 is 1. The fourth-order valence-corrected chi connectivity index (χ4v) is 7.57. The maximum Gasteiger partial charge on any atom is 0.249 e. The lowest BCUT2D eigenvalue weighted by atomic mass is 9.99. The van der Waals surface area contributed by atoms with Crippen molar-refractivity contribution in [2.75, 3.05) is 76.8 Å². The number of piperazine rings is 1. The number of anilines is 2. The maximum absolute atomic E-state index is 13.9. The van der Waals surface area contributed by atoms with E-state index in [1.165, 1.54) is 0 Å².